The van der Waals surface area contributed by atoms with Gasteiger partial charge in [0, 0.05) is 5.88 Å². The van der Waals surface area contributed by atoms with Gasteiger partial charge in [-0.25, -0.2) is 19.0 Å². The summed E-state index contributed by atoms with van der Waals surface area (Å²) in [7, 11) is -3.03. The number of rotatable bonds is 9. The number of benzene rings is 3. The molecule has 0 radical (unpaired) electrons. The zero-order chi connectivity index (χ0) is 26.5. The van der Waals surface area contributed by atoms with Gasteiger partial charge in [0.15, 0.2) is 17.5 Å². The Morgan fingerprint density at radius 3 is 1.83 bits per heavy atom. The van der Waals surface area contributed by atoms with Crippen LogP contribution in [0.5, 0.6) is 0 Å². The third kappa shape index (κ3) is 5.67. The summed E-state index contributed by atoms with van der Waals surface area (Å²) in [5, 5.41) is 1.66. The minimum absolute atomic E-state index is 0.00497. The lowest BCUT2D eigenvalue weighted by atomic mass is 9.92. The first-order valence-corrected chi connectivity index (χ1v) is 14.0. The standard InChI is InChI=1S/C27H30ClF3N2O2Si/c1-27(2,3)36(20-10-6-4-7-11-20,21-12-8-5-9-13-21)35-19(17-28)16-22(26(34)33-32)18-14-23(29)25(31)24(30)15-18/h4-15,19,22H,16-17,32H2,1-3H3,(H,33,34). The average Bonchev–Trinajstić information content (AvgIpc) is 2.87. The van der Waals surface area contributed by atoms with Gasteiger partial charge in [-0.05, 0) is 39.5 Å². The zero-order valence-corrected chi connectivity index (χ0v) is 22.2. The number of hydrogen-bond acceptors (Lipinski definition) is 3. The normalized spacial score (nSPS) is 13.8. The zero-order valence-electron chi connectivity index (χ0n) is 20.4. The maximum Gasteiger partial charge on any atom is 0.261 e. The summed E-state index contributed by atoms with van der Waals surface area (Å²) in [6, 6.07) is 21.3. The lowest BCUT2D eigenvalue weighted by Crippen LogP contribution is -2.68. The van der Waals surface area contributed by atoms with Crippen LogP contribution in [0.1, 0.15) is 38.7 Å². The highest BCUT2D eigenvalue weighted by Crippen LogP contribution is 2.39. The van der Waals surface area contributed by atoms with Crippen molar-refractivity contribution in [1.82, 2.24) is 5.43 Å². The van der Waals surface area contributed by atoms with Crippen LogP contribution in [-0.4, -0.2) is 26.2 Å². The van der Waals surface area contributed by atoms with Crippen molar-refractivity contribution in [3.63, 3.8) is 0 Å². The number of nitrogens with one attached hydrogen (secondary N) is 1. The van der Waals surface area contributed by atoms with Gasteiger partial charge in [0.2, 0.25) is 5.91 Å². The second kappa shape index (κ2) is 11.6. The fourth-order valence-electron chi connectivity index (χ4n) is 4.62. The first-order valence-electron chi connectivity index (χ1n) is 11.5. The second-order valence-electron chi connectivity index (χ2n) is 9.65. The lowest BCUT2D eigenvalue weighted by molar-refractivity contribution is -0.123. The van der Waals surface area contributed by atoms with E-state index in [-0.39, 0.29) is 22.9 Å². The van der Waals surface area contributed by atoms with Gasteiger partial charge in [-0.15, -0.1) is 11.6 Å². The number of hydrazine groups is 1. The van der Waals surface area contributed by atoms with Gasteiger partial charge < -0.3 is 4.43 Å². The summed E-state index contributed by atoms with van der Waals surface area (Å²) >= 11 is 6.39. The Hall–Kier alpha value is -2.65. The monoisotopic (exact) mass is 534 g/mol. The molecule has 3 rings (SSSR count). The van der Waals surface area contributed by atoms with Crippen LogP contribution in [0.25, 0.3) is 0 Å². The largest absolute Gasteiger partial charge is 0.403 e. The third-order valence-corrected chi connectivity index (χ3v) is 11.7. The first-order chi connectivity index (χ1) is 17.0. The third-order valence-electron chi connectivity index (χ3n) is 6.30. The van der Waals surface area contributed by atoms with Gasteiger partial charge in [-0.3, -0.25) is 10.2 Å². The molecule has 1 amide bonds. The topological polar surface area (TPSA) is 64.3 Å². The van der Waals surface area contributed by atoms with Crippen LogP contribution in [-0.2, 0) is 9.22 Å². The van der Waals surface area contributed by atoms with E-state index in [0.717, 1.165) is 22.5 Å². The van der Waals surface area contributed by atoms with Crippen molar-refractivity contribution < 1.29 is 22.4 Å². The number of hydrogen-bond donors (Lipinski definition) is 2. The molecule has 0 saturated carbocycles. The Morgan fingerprint density at radius 2 is 1.44 bits per heavy atom. The summed E-state index contributed by atoms with van der Waals surface area (Å²) in [6.07, 6.45) is -0.724. The van der Waals surface area contributed by atoms with Crippen molar-refractivity contribution in [2.75, 3.05) is 5.88 Å². The summed E-state index contributed by atoms with van der Waals surface area (Å²) in [5.41, 5.74) is 1.98. The van der Waals surface area contributed by atoms with Crippen LogP contribution in [0, 0.1) is 17.5 Å². The molecule has 0 aliphatic heterocycles. The molecule has 36 heavy (non-hydrogen) atoms. The van der Waals surface area contributed by atoms with Gasteiger partial charge in [-0.1, -0.05) is 81.4 Å². The van der Waals surface area contributed by atoms with E-state index in [1.807, 2.05) is 66.1 Å². The highest BCUT2D eigenvalue weighted by molar-refractivity contribution is 6.99. The van der Waals surface area contributed by atoms with E-state index >= 15 is 0 Å². The predicted octanol–water partition coefficient (Wildman–Crippen LogP) is 4.75. The van der Waals surface area contributed by atoms with Gasteiger partial charge in [0.25, 0.3) is 8.32 Å². The molecule has 0 heterocycles. The molecule has 3 aromatic carbocycles. The number of alkyl halides is 1. The molecule has 0 fully saturated rings. The number of carbonyl (C=O) groups is 1. The smallest absolute Gasteiger partial charge is 0.261 e. The molecule has 9 heteroatoms. The summed E-state index contributed by atoms with van der Waals surface area (Å²) in [4.78, 5) is 12.7. The summed E-state index contributed by atoms with van der Waals surface area (Å²) in [5.74, 6) is -0.821. The molecule has 0 bridgehead atoms. The molecule has 0 aromatic heterocycles. The Bertz CT molecular complexity index is 1110. The van der Waals surface area contributed by atoms with Crippen molar-refractivity contribution in [1.29, 1.82) is 0 Å². The number of amides is 1. The molecule has 0 aliphatic rings. The first kappa shape index (κ1) is 27.9. The lowest BCUT2D eigenvalue weighted by Gasteiger charge is -2.45. The Labute approximate surface area is 215 Å². The van der Waals surface area contributed by atoms with Gasteiger partial charge in [-0.2, -0.15) is 0 Å². The Balaban J connectivity index is 2.11. The molecule has 192 valence electrons. The fraction of sp³-hybridized carbons (Fsp3) is 0.296. The quantitative estimate of drug-likeness (QED) is 0.104. The molecular weight excluding hydrogens is 505 g/mol. The van der Waals surface area contributed by atoms with Crippen LogP contribution in [0.3, 0.4) is 0 Å². The van der Waals surface area contributed by atoms with Crippen LogP contribution >= 0.6 is 11.6 Å². The molecule has 3 aromatic rings. The van der Waals surface area contributed by atoms with Crippen molar-refractivity contribution in [3.8, 4) is 0 Å². The van der Waals surface area contributed by atoms with Gasteiger partial charge in [0.05, 0.1) is 12.0 Å². The molecule has 2 atom stereocenters. The maximum atomic E-state index is 14.0. The summed E-state index contributed by atoms with van der Waals surface area (Å²) < 4.78 is 48.6. The van der Waals surface area contributed by atoms with E-state index in [1.165, 1.54) is 0 Å². The fourth-order valence-corrected chi connectivity index (χ4v) is 9.61. The predicted molar refractivity (Wildman–Crippen MR) is 139 cm³/mol. The molecule has 0 saturated heterocycles. The van der Waals surface area contributed by atoms with E-state index in [4.69, 9.17) is 21.9 Å². The van der Waals surface area contributed by atoms with Crippen LogP contribution in [0.15, 0.2) is 72.8 Å². The molecule has 2 unspecified atom stereocenters. The number of carbonyl (C=O) groups excluding carboxylic acids is 1. The van der Waals surface area contributed by atoms with Gasteiger partial charge >= 0.3 is 0 Å². The van der Waals surface area contributed by atoms with Crippen molar-refractivity contribution in [3.05, 3.63) is 95.8 Å². The van der Waals surface area contributed by atoms with Crippen LogP contribution < -0.4 is 21.6 Å². The highest BCUT2D eigenvalue weighted by atomic mass is 35.5. The average molecular weight is 535 g/mol. The Morgan fingerprint density at radius 1 is 0.972 bits per heavy atom. The summed E-state index contributed by atoms with van der Waals surface area (Å²) in [6.45, 7) is 6.29. The van der Waals surface area contributed by atoms with E-state index in [9.17, 15) is 18.0 Å². The minimum Gasteiger partial charge on any atom is -0.403 e. The minimum atomic E-state index is -3.03. The number of nitrogens with two attached hydrogens (primary N) is 1. The van der Waals surface area contributed by atoms with Crippen molar-refractivity contribution in [2.24, 2.45) is 5.84 Å². The number of halogens is 4. The Kier molecular flexibility index (Phi) is 9.00. The van der Waals surface area contributed by atoms with Crippen molar-refractivity contribution in [2.45, 2.75) is 44.3 Å². The molecular formula is C27H30ClF3N2O2Si. The second-order valence-corrected chi connectivity index (χ2v) is 14.2. The van der Waals surface area contributed by atoms with E-state index in [2.05, 4.69) is 20.8 Å². The van der Waals surface area contributed by atoms with E-state index in [1.54, 1.807) is 0 Å². The van der Waals surface area contributed by atoms with E-state index in [0.29, 0.717) is 0 Å². The van der Waals surface area contributed by atoms with Crippen LogP contribution in [0.4, 0.5) is 13.2 Å². The molecule has 0 spiro atoms. The van der Waals surface area contributed by atoms with Gasteiger partial charge in [0.1, 0.15) is 0 Å². The van der Waals surface area contributed by atoms with E-state index < -0.39 is 43.7 Å². The molecule has 3 N–H and O–H groups in total. The highest BCUT2D eigenvalue weighted by Gasteiger charge is 2.51. The molecule has 0 aliphatic carbocycles. The van der Waals surface area contributed by atoms with Crippen LogP contribution in [0.2, 0.25) is 5.04 Å². The SMILES string of the molecule is CC(C)(C)[Si](OC(CCl)CC(C(=O)NN)c1cc(F)c(F)c(F)c1)(c1ccccc1)c1ccccc1. The maximum absolute atomic E-state index is 14.0. The molecule has 4 nitrogen and oxygen atoms in total. The van der Waals surface area contributed by atoms with Crippen molar-refractivity contribution >= 4 is 36.2 Å².